The molecule has 2 heterocycles. The molecule has 2 amide bonds. The molecule has 2 aliphatic rings. The van der Waals surface area contributed by atoms with Crippen molar-refractivity contribution in [3.63, 3.8) is 0 Å². The van der Waals surface area contributed by atoms with Gasteiger partial charge < -0.3 is 9.80 Å². The van der Waals surface area contributed by atoms with E-state index in [-0.39, 0.29) is 11.8 Å². The van der Waals surface area contributed by atoms with Crippen LogP contribution in [-0.4, -0.2) is 54.8 Å². The lowest BCUT2D eigenvalue weighted by Crippen LogP contribution is -2.46. The monoisotopic (exact) mass is 403 g/mol. The van der Waals surface area contributed by atoms with Gasteiger partial charge in [-0.15, -0.1) is 0 Å². The number of benzene rings is 2. The molecule has 4 rings (SSSR count). The Kier molecular flexibility index (Phi) is 5.24. The fraction of sp³-hybridized carbons (Fsp3) is 0.360. The minimum absolute atomic E-state index is 0.216. The van der Waals surface area contributed by atoms with Crippen LogP contribution in [0.5, 0.6) is 0 Å². The summed E-state index contributed by atoms with van der Waals surface area (Å²) in [7, 11) is 2.08. The average Bonchev–Trinajstić information content (AvgIpc) is 2.97. The number of nitrogens with zero attached hydrogens (tertiary/aromatic N) is 3. The highest BCUT2D eigenvalue weighted by atomic mass is 16.2. The summed E-state index contributed by atoms with van der Waals surface area (Å²) < 4.78 is 0. The van der Waals surface area contributed by atoms with Gasteiger partial charge in [0, 0.05) is 26.2 Å². The molecule has 5 heteroatoms. The molecule has 0 N–H and O–H groups in total. The van der Waals surface area contributed by atoms with Crippen LogP contribution in [0.3, 0.4) is 0 Å². The van der Waals surface area contributed by atoms with E-state index < -0.39 is 0 Å². The number of imide groups is 1. The van der Waals surface area contributed by atoms with Gasteiger partial charge in [0.25, 0.3) is 11.8 Å². The highest BCUT2D eigenvalue weighted by Gasteiger charge is 2.43. The standard InChI is InChI=1S/C25H29N3O2/c1-16-6-7-18(3)21(14-16)28-24(29)22(20-9-8-17(2)19(4)15-20)23(25(28)30)27-12-10-26(5)11-13-27/h6-9,14-15H,10-13H2,1-5H3. The van der Waals surface area contributed by atoms with Crippen LogP contribution in [0.1, 0.15) is 27.8 Å². The Labute approximate surface area is 178 Å². The average molecular weight is 404 g/mol. The number of carbonyl (C=O) groups is 2. The zero-order chi connectivity index (χ0) is 21.6. The third kappa shape index (κ3) is 3.43. The number of likely N-dealkylation sites (N-methyl/N-ethyl adjacent to an activating group) is 1. The summed E-state index contributed by atoms with van der Waals surface area (Å²) in [5.41, 5.74) is 6.78. The van der Waals surface area contributed by atoms with Crippen molar-refractivity contribution >= 4 is 23.1 Å². The first kappa shape index (κ1) is 20.4. The van der Waals surface area contributed by atoms with E-state index in [1.807, 2.05) is 57.2 Å². The molecule has 0 atom stereocenters. The minimum atomic E-state index is -0.231. The van der Waals surface area contributed by atoms with E-state index in [0.29, 0.717) is 17.0 Å². The summed E-state index contributed by atoms with van der Waals surface area (Å²) >= 11 is 0. The van der Waals surface area contributed by atoms with Gasteiger partial charge in [-0.3, -0.25) is 9.59 Å². The Morgan fingerprint density at radius 1 is 0.733 bits per heavy atom. The molecule has 1 saturated heterocycles. The molecule has 0 aliphatic carbocycles. The van der Waals surface area contributed by atoms with Gasteiger partial charge in [0.1, 0.15) is 5.70 Å². The molecule has 5 nitrogen and oxygen atoms in total. The molecule has 0 radical (unpaired) electrons. The summed E-state index contributed by atoms with van der Waals surface area (Å²) in [4.78, 5) is 33.1. The number of rotatable bonds is 3. The van der Waals surface area contributed by atoms with Crippen molar-refractivity contribution in [3.8, 4) is 0 Å². The van der Waals surface area contributed by atoms with Gasteiger partial charge in [0.2, 0.25) is 0 Å². The topological polar surface area (TPSA) is 43.9 Å². The molecule has 0 saturated carbocycles. The lowest BCUT2D eigenvalue weighted by atomic mass is 9.99. The summed E-state index contributed by atoms with van der Waals surface area (Å²) in [5, 5.41) is 0. The third-order valence-corrected chi connectivity index (χ3v) is 6.28. The van der Waals surface area contributed by atoms with Crippen molar-refractivity contribution in [2.24, 2.45) is 0 Å². The van der Waals surface area contributed by atoms with Crippen LogP contribution in [0.25, 0.3) is 5.57 Å². The third-order valence-electron chi connectivity index (χ3n) is 6.28. The summed E-state index contributed by atoms with van der Waals surface area (Å²) in [5.74, 6) is -0.447. The number of amides is 2. The zero-order valence-corrected chi connectivity index (χ0v) is 18.5. The molecular weight excluding hydrogens is 374 g/mol. The van der Waals surface area contributed by atoms with E-state index in [1.54, 1.807) is 0 Å². The van der Waals surface area contributed by atoms with Crippen molar-refractivity contribution in [2.45, 2.75) is 27.7 Å². The smallest absolute Gasteiger partial charge is 0.282 e. The first-order chi connectivity index (χ1) is 14.3. The molecule has 156 valence electrons. The van der Waals surface area contributed by atoms with Crippen molar-refractivity contribution in [1.29, 1.82) is 0 Å². The molecule has 30 heavy (non-hydrogen) atoms. The highest BCUT2D eigenvalue weighted by molar-refractivity contribution is 6.45. The molecule has 1 fully saturated rings. The SMILES string of the molecule is Cc1ccc(C)c(N2C(=O)C(c3ccc(C)c(C)c3)=C(N3CCN(C)CC3)C2=O)c1. The van der Waals surface area contributed by atoms with Crippen molar-refractivity contribution in [1.82, 2.24) is 9.80 Å². The Morgan fingerprint density at radius 3 is 2.07 bits per heavy atom. The van der Waals surface area contributed by atoms with E-state index in [4.69, 9.17) is 0 Å². The number of piperazine rings is 1. The van der Waals surface area contributed by atoms with Gasteiger partial charge in [-0.05, 0) is 68.6 Å². The molecular formula is C25H29N3O2. The molecule has 0 bridgehead atoms. The summed E-state index contributed by atoms with van der Waals surface area (Å²) in [6, 6.07) is 11.9. The molecule has 0 aromatic heterocycles. The van der Waals surface area contributed by atoms with Crippen LogP contribution in [-0.2, 0) is 9.59 Å². The van der Waals surface area contributed by atoms with Gasteiger partial charge in [0.05, 0.1) is 11.3 Å². The van der Waals surface area contributed by atoms with Gasteiger partial charge in [0.15, 0.2) is 0 Å². The Balaban J connectivity index is 1.86. The van der Waals surface area contributed by atoms with Gasteiger partial charge in [-0.25, -0.2) is 4.90 Å². The van der Waals surface area contributed by atoms with E-state index in [9.17, 15) is 9.59 Å². The first-order valence-electron chi connectivity index (χ1n) is 10.5. The maximum absolute atomic E-state index is 13.7. The van der Waals surface area contributed by atoms with E-state index in [1.165, 1.54) is 10.5 Å². The molecule has 0 unspecified atom stereocenters. The number of hydrogen-bond donors (Lipinski definition) is 0. The second kappa shape index (κ2) is 7.73. The minimum Gasteiger partial charge on any atom is -0.364 e. The van der Waals surface area contributed by atoms with Crippen LogP contribution in [0.15, 0.2) is 42.1 Å². The second-order valence-electron chi connectivity index (χ2n) is 8.55. The van der Waals surface area contributed by atoms with Crippen LogP contribution in [0.4, 0.5) is 5.69 Å². The maximum Gasteiger partial charge on any atom is 0.282 e. The fourth-order valence-corrected chi connectivity index (χ4v) is 4.18. The Morgan fingerprint density at radius 2 is 1.40 bits per heavy atom. The first-order valence-corrected chi connectivity index (χ1v) is 10.5. The number of hydrogen-bond acceptors (Lipinski definition) is 4. The molecule has 2 aliphatic heterocycles. The summed E-state index contributed by atoms with van der Waals surface area (Å²) in [6.07, 6.45) is 0. The molecule has 0 spiro atoms. The van der Waals surface area contributed by atoms with E-state index in [2.05, 4.69) is 23.8 Å². The van der Waals surface area contributed by atoms with E-state index >= 15 is 0 Å². The zero-order valence-electron chi connectivity index (χ0n) is 18.5. The number of anilines is 1. The van der Waals surface area contributed by atoms with Crippen molar-refractivity contribution < 1.29 is 9.59 Å². The number of aryl methyl sites for hydroxylation is 4. The maximum atomic E-state index is 13.7. The van der Waals surface area contributed by atoms with Crippen LogP contribution >= 0.6 is 0 Å². The fourth-order valence-electron chi connectivity index (χ4n) is 4.18. The predicted molar refractivity (Wildman–Crippen MR) is 120 cm³/mol. The lowest BCUT2D eigenvalue weighted by molar-refractivity contribution is -0.120. The van der Waals surface area contributed by atoms with Gasteiger partial charge in [-0.1, -0.05) is 30.3 Å². The van der Waals surface area contributed by atoms with Crippen LogP contribution in [0, 0.1) is 27.7 Å². The van der Waals surface area contributed by atoms with Crippen molar-refractivity contribution in [2.75, 3.05) is 38.1 Å². The summed E-state index contributed by atoms with van der Waals surface area (Å²) in [6.45, 7) is 11.2. The van der Waals surface area contributed by atoms with Gasteiger partial charge >= 0.3 is 0 Å². The lowest BCUT2D eigenvalue weighted by Gasteiger charge is -2.34. The largest absolute Gasteiger partial charge is 0.364 e. The van der Waals surface area contributed by atoms with Crippen LogP contribution < -0.4 is 4.90 Å². The van der Waals surface area contributed by atoms with E-state index in [0.717, 1.165) is 48.4 Å². The Hall–Kier alpha value is -2.92. The second-order valence-corrected chi connectivity index (χ2v) is 8.55. The predicted octanol–water partition coefficient (Wildman–Crippen LogP) is 3.45. The Bertz CT molecular complexity index is 1060. The van der Waals surface area contributed by atoms with Gasteiger partial charge in [-0.2, -0.15) is 0 Å². The quantitative estimate of drug-likeness (QED) is 0.737. The number of carbonyl (C=O) groups excluding carboxylic acids is 2. The molecule has 2 aromatic rings. The van der Waals surface area contributed by atoms with Crippen molar-refractivity contribution in [3.05, 3.63) is 69.9 Å². The normalized spacial score (nSPS) is 18.0. The molecule has 2 aromatic carbocycles. The van der Waals surface area contributed by atoms with Crippen LogP contribution in [0.2, 0.25) is 0 Å². The highest BCUT2D eigenvalue weighted by Crippen LogP contribution is 2.37.